The monoisotopic (exact) mass is 279 g/mol. The van der Waals surface area contributed by atoms with Gasteiger partial charge in [-0.05, 0) is 24.6 Å². The summed E-state index contributed by atoms with van der Waals surface area (Å²) in [7, 11) is 0. The van der Waals surface area contributed by atoms with E-state index in [1.165, 1.54) is 0 Å². The summed E-state index contributed by atoms with van der Waals surface area (Å²) in [4.78, 5) is 11.8. The molecule has 1 heterocycles. The molecule has 0 saturated carbocycles. The molecule has 1 amide bonds. The number of carbonyl (C=O) groups is 1. The van der Waals surface area contributed by atoms with Gasteiger partial charge in [-0.25, -0.2) is 0 Å². The van der Waals surface area contributed by atoms with E-state index in [9.17, 15) is 4.79 Å². The molecule has 5 heteroatoms. The number of benzene rings is 1. The van der Waals surface area contributed by atoms with Gasteiger partial charge in [0.25, 0.3) is 0 Å². The summed E-state index contributed by atoms with van der Waals surface area (Å²) < 4.78 is 16.0. The van der Waals surface area contributed by atoms with Gasteiger partial charge < -0.3 is 19.5 Å². The lowest BCUT2D eigenvalue weighted by Crippen LogP contribution is -2.28. The van der Waals surface area contributed by atoms with E-state index in [1.807, 2.05) is 31.2 Å². The van der Waals surface area contributed by atoms with Crippen molar-refractivity contribution in [3.63, 3.8) is 0 Å². The summed E-state index contributed by atoms with van der Waals surface area (Å²) in [6, 6.07) is 7.58. The fraction of sp³-hybridized carbons (Fsp3) is 0.533. The Morgan fingerprint density at radius 2 is 2.00 bits per heavy atom. The molecule has 1 saturated heterocycles. The van der Waals surface area contributed by atoms with E-state index in [4.69, 9.17) is 14.2 Å². The van der Waals surface area contributed by atoms with Crippen LogP contribution in [0.25, 0.3) is 0 Å². The maximum absolute atomic E-state index is 11.8. The van der Waals surface area contributed by atoms with Crippen molar-refractivity contribution in [1.82, 2.24) is 5.32 Å². The number of amides is 1. The lowest BCUT2D eigenvalue weighted by molar-refractivity contribution is -0.120. The van der Waals surface area contributed by atoms with Crippen LogP contribution in [0.4, 0.5) is 0 Å². The van der Waals surface area contributed by atoms with Crippen LogP contribution in [0.2, 0.25) is 0 Å². The number of nitrogens with one attached hydrogen (secondary N) is 1. The Balaban J connectivity index is 1.67. The minimum absolute atomic E-state index is 0.00663. The van der Waals surface area contributed by atoms with Crippen molar-refractivity contribution >= 4 is 5.91 Å². The molecule has 0 radical (unpaired) electrons. The van der Waals surface area contributed by atoms with Gasteiger partial charge in [0.1, 0.15) is 5.75 Å². The molecule has 0 aliphatic carbocycles. The van der Waals surface area contributed by atoms with Gasteiger partial charge in [0.15, 0.2) is 6.29 Å². The second-order valence-electron chi connectivity index (χ2n) is 4.56. The summed E-state index contributed by atoms with van der Waals surface area (Å²) in [6.45, 7) is 4.44. The first-order valence-electron chi connectivity index (χ1n) is 6.99. The highest BCUT2D eigenvalue weighted by Gasteiger charge is 2.15. The van der Waals surface area contributed by atoms with E-state index in [0.29, 0.717) is 39.2 Å². The third-order valence-electron chi connectivity index (χ3n) is 2.99. The van der Waals surface area contributed by atoms with Crippen LogP contribution in [0.1, 0.15) is 18.9 Å². The second-order valence-corrected chi connectivity index (χ2v) is 4.56. The third kappa shape index (κ3) is 4.83. The predicted molar refractivity (Wildman–Crippen MR) is 74.6 cm³/mol. The first-order valence-corrected chi connectivity index (χ1v) is 6.99. The lowest BCUT2D eigenvalue weighted by atomic mass is 10.1. The maximum Gasteiger partial charge on any atom is 0.224 e. The number of hydrogen-bond donors (Lipinski definition) is 1. The Bertz CT molecular complexity index is 412. The minimum atomic E-state index is -0.166. The van der Waals surface area contributed by atoms with Crippen LogP contribution in [-0.4, -0.2) is 38.6 Å². The van der Waals surface area contributed by atoms with E-state index in [2.05, 4.69) is 5.32 Å². The normalized spacial score (nSPS) is 15.2. The van der Waals surface area contributed by atoms with Crippen molar-refractivity contribution in [3.05, 3.63) is 29.8 Å². The molecule has 110 valence electrons. The van der Waals surface area contributed by atoms with Crippen LogP contribution in [0.15, 0.2) is 24.3 Å². The summed E-state index contributed by atoms with van der Waals surface area (Å²) in [5.74, 6) is 0.833. The van der Waals surface area contributed by atoms with Crippen molar-refractivity contribution in [2.75, 3.05) is 26.4 Å². The quantitative estimate of drug-likeness (QED) is 0.822. The molecule has 1 aromatic carbocycles. The van der Waals surface area contributed by atoms with E-state index in [-0.39, 0.29) is 12.2 Å². The van der Waals surface area contributed by atoms with Gasteiger partial charge in [0.05, 0.1) is 26.2 Å². The van der Waals surface area contributed by atoms with Crippen LogP contribution in [0.3, 0.4) is 0 Å². The predicted octanol–water partition coefficient (Wildman–Crippen LogP) is 1.51. The van der Waals surface area contributed by atoms with Crippen LogP contribution < -0.4 is 10.1 Å². The molecule has 1 N–H and O–H groups in total. The molecule has 1 fully saturated rings. The molecule has 1 aromatic rings. The standard InChI is InChI=1S/C15H21NO4/c1-2-18-13-5-3-12(4-6-13)11-14(17)16-8-7-15-19-9-10-20-15/h3-6,15H,2,7-11H2,1H3,(H,16,17). The summed E-state index contributed by atoms with van der Waals surface area (Å²) in [5, 5.41) is 2.87. The van der Waals surface area contributed by atoms with Crippen LogP contribution in [0.5, 0.6) is 5.75 Å². The summed E-state index contributed by atoms with van der Waals surface area (Å²) in [6.07, 6.45) is 0.897. The fourth-order valence-corrected chi connectivity index (χ4v) is 2.02. The smallest absolute Gasteiger partial charge is 0.224 e. The number of rotatable bonds is 7. The van der Waals surface area contributed by atoms with E-state index < -0.39 is 0 Å². The van der Waals surface area contributed by atoms with Gasteiger partial charge in [-0.1, -0.05) is 12.1 Å². The zero-order valence-corrected chi connectivity index (χ0v) is 11.8. The SMILES string of the molecule is CCOc1ccc(CC(=O)NCCC2OCCO2)cc1. The highest BCUT2D eigenvalue weighted by molar-refractivity contribution is 5.78. The molecule has 1 aliphatic rings. The Kier molecular flexibility index (Phi) is 5.83. The van der Waals surface area contributed by atoms with Crippen molar-refractivity contribution in [3.8, 4) is 5.75 Å². The molecule has 0 spiro atoms. The first-order chi connectivity index (χ1) is 9.78. The van der Waals surface area contributed by atoms with Crippen LogP contribution in [0, 0.1) is 0 Å². The molecule has 0 atom stereocenters. The molecule has 20 heavy (non-hydrogen) atoms. The second kappa shape index (κ2) is 7.87. The van der Waals surface area contributed by atoms with Gasteiger partial charge in [-0.15, -0.1) is 0 Å². The van der Waals surface area contributed by atoms with Gasteiger partial charge >= 0.3 is 0 Å². The highest BCUT2D eigenvalue weighted by atomic mass is 16.7. The first kappa shape index (κ1) is 14.8. The molecule has 0 aromatic heterocycles. The minimum Gasteiger partial charge on any atom is -0.494 e. The Morgan fingerprint density at radius 1 is 1.30 bits per heavy atom. The average Bonchev–Trinajstić information content (AvgIpc) is 2.94. The van der Waals surface area contributed by atoms with Crippen molar-refractivity contribution in [1.29, 1.82) is 0 Å². The van der Waals surface area contributed by atoms with Gasteiger partial charge in [-0.3, -0.25) is 4.79 Å². The largest absolute Gasteiger partial charge is 0.494 e. The number of hydrogen-bond acceptors (Lipinski definition) is 4. The maximum atomic E-state index is 11.8. The third-order valence-corrected chi connectivity index (χ3v) is 2.99. The van der Waals surface area contributed by atoms with Crippen LogP contribution in [-0.2, 0) is 20.7 Å². The molecule has 0 bridgehead atoms. The van der Waals surface area contributed by atoms with Crippen LogP contribution >= 0.6 is 0 Å². The van der Waals surface area contributed by atoms with Crippen molar-refractivity contribution in [2.24, 2.45) is 0 Å². The fourth-order valence-electron chi connectivity index (χ4n) is 2.02. The molecule has 0 unspecified atom stereocenters. The average molecular weight is 279 g/mol. The number of carbonyl (C=O) groups excluding carboxylic acids is 1. The van der Waals surface area contributed by atoms with E-state index >= 15 is 0 Å². The Hall–Kier alpha value is -1.59. The lowest BCUT2D eigenvalue weighted by Gasteiger charge is -2.10. The molecular formula is C15H21NO4. The Labute approximate surface area is 119 Å². The van der Waals surface area contributed by atoms with Crippen molar-refractivity contribution in [2.45, 2.75) is 26.1 Å². The number of ether oxygens (including phenoxy) is 3. The van der Waals surface area contributed by atoms with Crippen molar-refractivity contribution < 1.29 is 19.0 Å². The summed E-state index contributed by atoms with van der Waals surface area (Å²) >= 11 is 0. The topological polar surface area (TPSA) is 56.8 Å². The molecule has 5 nitrogen and oxygen atoms in total. The van der Waals surface area contributed by atoms with E-state index in [0.717, 1.165) is 11.3 Å². The molecular weight excluding hydrogens is 258 g/mol. The molecule has 1 aliphatic heterocycles. The molecule has 2 rings (SSSR count). The Morgan fingerprint density at radius 3 is 2.65 bits per heavy atom. The van der Waals surface area contributed by atoms with E-state index in [1.54, 1.807) is 0 Å². The zero-order chi connectivity index (χ0) is 14.2. The van der Waals surface area contributed by atoms with Gasteiger partial charge in [0.2, 0.25) is 5.91 Å². The van der Waals surface area contributed by atoms with Gasteiger partial charge in [0, 0.05) is 13.0 Å². The highest BCUT2D eigenvalue weighted by Crippen LogP contribution is 2.12. The van der Waals surface area contributed by atoms with Gasteiger partial charge in [-0.2, -0.15) is 0 Å². The zero-order valence-electron chi connectivity index (χ0n) is 11.8. The summed E-state index contributed by atoms with van der Waals surface area (Å²) in [5.41, 5.74) is 0.972.